The smallest absolute Gasteiger partial charge is 0.280 e. The monoisotopic (exact) mass is 356 g/mol. The average molecular weight is 356 g/mol. The quantitative estimate of drug-likeness (QED) is 0.554. The van der Waals surface area contributed by atoms with E-state index in [0.29, 0.717) is 16.6 Å². The van der Waals surface area contributed by atoms with Crippen LogP contribution in [0, 0.1) is 11.6 Å². The second kappa shape index (κ2) is 6.75. The van der Waals surface area contributed by atoms with Gasteiger partial charge in [-0.1, -0.05) is 6.07 Å². The third kappa shape index (κ3) is 3.16. The van der Waals surface area contributed by atoms with E-state index in [2.05, 4.69) is 9.98 Å². The standard InChI is InChI=1S/C18H14F2N4O2/c1-26-15-7-10(19)3-5-12(15)16-13-6-9(17(25)24-18(21)22)2-4-11(13)14(20)8-23-16/h2-8H,1H3,(H4,21,22,24,25). The van der Waals surface area contributed by atoms with E-state index in [4.69, 9.17) is 16.2 Å². The number of carbonyl (C=O) groups excluding carboxylic acids is 1. The summed E-state index contributed by atoms with van der Waals surface area (Å²) in [6.45, 7) is 0. The lowest BCUT2D eigenvalue weighted by atomic mass is 10.0. The van der Waals surface area contributed by atoms with Crippen LogP contribution in [0.3, 0.4) is 0 Å². The molecule has 0 saturated carbocycles. The number of nitrogens with two attached hydrogens (primary N) is 2. The van der Waals surface area contributed by atoms with E-state index in [9.17, 15) is 13.6 Å². The van der Waals surface area contributed by atoms with Gasteiger partial charge in [0, 0.05) is 28.0 Å². The number of hydrogen-bond acceptors (Lipinski definition) is 3. The Kier molecular flexibility index (Phi) is 4.49. The highest BCUT2D eigenvalue weighted by molar-refractivity contribution is 6.06. The highest BCUT2D eigenvalue weighted by Crippen LogP contribution is 2.35. The molecule has 1 aromatic heterocycles. The van der Waals surface area contributed by atoms with Crippen LogP contribution in [-0.4, -0.2) is 24.0 Å². The van der Waals surface area contributed by atoms with E-state index in [-0.39, 0.29) is 22.7 Å². The van der Waals surface area contributed by atoms with Crippen LogP contribution in [0.5, 0.6) is 5.75 Å². The summed E-state index contributed by atoms with van der Waals surface area (Å²) in [5, 5.41) is 0.578. The van der Waals surface area contributed by atoms with Crippen LogP contribution in [0.15, 0.2) is 47.6 Å². The van der Waals surface area contributed by atoms with Crippen LogP contribution >= 0.6 is 0 Å². The highest BCUT2D eigenvalue weighted by Gasteiger charge is 2.16. The zero-order valence-corrected chi connectivity index (χ0v) is 13.7. The Labute approximate surface area is 147 Å². The molecule has 1 amide bonds. The predicted molar refractivity (Wildman–Crippen MR) is 93.8 cm³/mol. The van der Waals surface area contributed by atoms with Gasteiger partial charge in [-0.3, -0.25) is 9.78 Å². The van der Waals surface area contributed by atoms with Gasteiger partial charge >= 0.3 is 0 Å². The second-order valence-corrected chi connectivity index (χ2v) is 5.40. The maximum absolute atomic E-state index is 14.2. The molecule has 132 valence electrons. The van der Waals surface area contributed by atoms with Gasteiger partial charge in [-0.25, -0.2) is 8.78 Å². The lowest BCUT2D eigenvalue weighted by Crippen LogP contribution is -2.24. The first-order valence-corrected chi connectivity index (χ1v) is 7.47. The number of methoxy groups -OCH3 is 1. The molecule has 0 aliphatic heterocycles. The largest absolute Gasteiger partial charge is 0.496 e. The van der Waals surface area contributed by atoms with Crippen molar-refractivity contribution in [2.75, 3.05) is 7.11 Å². The number of halogens is 2. The van der Waals surface area contributed by atoms with Crippen molar-refractivity contribution in [3.05, 3.63) is 59.8 Å². The van der Waals surface area contributed by atoms with Crippen LogP contribution in [0.25, 0.3) is 22.0 Å². The van der Waals surface area contributed by atoms with Gasteiger partial charge in [-0.15, -0.1) is 0 Å². The second-order valence-electron chi connectivity index (χ2n) is 5.40. The summed E-state index contributed by atoms with van der Waals surface area (Å²) < 4.78 is 32.8. The highest BCUT2D eigenvalue weighted by atomic mass is 19.1. The Hall–Kier alpha value is -3.55. The van der Waals surface area contributed by atoms with E-state index in [1.165, 1.54) is 43.5 Å². The van der Waals surface area contributed by atoms with Crippen molar-refractivity contribution in [3.8, 4) is 17.0 Å². The molecule has 8 heteroatoms. The fourth-order valence-electron chi connectivity index (χ4n) is 2.60. The Balaban J connectivity index is 2.28. The number of benzene rings is 2. The van der Waals surface area contributed by atoms with Gasteiger partial charge in [0.25, 0.3) is 5.91 Å². The van der Waals surface area contributed by atoms with Crippen molar-refractivity contribution in [1.29, 1.82) is 0 Å². The lowest BCUT2D eigenvalue weighted by Gasteiger charge is -2.11. The molecule has 0 aliphatic rings. The van der Waals surface area contributed by atoms with E-state index >= 15 is 0 Å². The molecule has 0 fully saturated rings. The first-order valence-electron chi connectivity index (χ1n) is 7.47. The molecule has 6 nitrogen and oxygen atoms in total. The van der Waals surface area contributed by atoms with Gasteiger partial charge in [-0.05, 0) is 24.3 Å². The number of hydrogen-bond donors (Lipinski definition) is 2. The maximum Gasteiger partial charge on any atom is 0.280 e. The minimum Gasteiger partial charge on any atom is -0.496 e. The van der Waals surface area contributed by atoms with E-state index in [1.807, 2.05) is 0 Å². The first kappa shape index (κ1) is 17.3. The number of aliphatic imine (C=N–C) groups is 1. The number of amides is 1. The molecule has 0 aliphatic carbocycles. The van der Waals surface area contributed by atoms with Crippen molar-refractivity contribution in [3.63, 3.8) is 0 Å². The van der Waals surface area contributed by atoms with Crippen molar-refractivity contribution in [1.82, 2.24) is 4.98 Å². The van der Waals surface area contributed by atoms with Gasteiger partial charge in [0.05, 0.1) is 19.0 Å². The summed E-state index contributed by atoms with van der Waals surface area (Å²) in [6, 6.07) is 8.17. The SMILES string of the molecule is COc1cc(F)ccc1-c1ncc(F)c2ccc(C(=O)N=C(N)N)cc12. The van der Waals surface area contributed by atoms with Crippen LogP contribution in [0.1, 0.15) is 10.4 Å². The van der Waals surface area contributed by atoms with Crippen LogP contribution in [0.4, 0.5) is 8.78 Å². The van der Waals surface area contributed by atoms with E-state index in [0.717, 1.165) is 6.20 Å². The van der Waals surface area contributed by atoms with Crippen LogP contribution in [-0.2, 0) is 0 Å². The zero-order chi connectivity index (χ0) is 18.8. The Morgan fingerprint density at radius 3 is 2.58 bits per heavy atom. The molecule has 0 atom stereocenters. The number of carbonyl (C=O) groups is 1. The normalized spacial score (nSPS) is 10.6. The Bertz CT molecular complexity index is 1050. The minimum absolute atomic E-state index is 0.153. The molecular formula is C18H14F2N4O2. The minimum atomic E-state index is -0.673. The fraction of sp³-hybridized carbons (Fsp3) is 0.0556. The average Bonchev–Trinajstić information content (AvgIpc) is 2.61. The number of aromatic nitrogens is 1. The van der Waals surface area contributed by atoms with Crippen molar-refractivity contribution < 1.29 is 18.3 Å². The van der Waals surface area contributed by atoms with E-state index < -0.39 is 17.5 Å². The molecule has 0 radical (unpaired) electrons. The molecule has 0 bridgehead atoms. The predicted octanol–water partition coefficient (Wildman–Crippen LogP) is 2.60. The number of ether oxygens (including phenoxy) is 1. The molecule has 0 saturated heterocycles. The number of rotatable bonds is 3. The van der Waals surface area contributed by atoms with E-state index in [1.54, 1.807) is 0 Å². The molecule has 26 heavy (non-hydrogen) atoms. The van der Waals surface area contributed by atoms with Crippen LogP contribution in [0.2, 0.25) is 0 Å². The third-order valence-corrected chi connectivity index (χ3v) is 3.74. The van der Waals surface area contributed by atoms with Crippen LogP contribution < -0.4 is 16.2 Å². The molecule has 3 aromatic rings. The van der Waals surface area contributed by atoms with Crippen molar-refractivity contribution in [2.45, 2.75) is 0 Å². The van der Waals surface area contributed by atoms with Crippen molar-refractivity contribution >= 4 is 22.6 Å². The van der Waals surface area contributed by atoms with Gasteiger partial charge in [0.1, 0.15) is 17.4 Å². The molecular weight excluding hydrogens is 342 g/mol. The third-order valence-electron chi connectivity index (χ3n) is 3.74. The number of guanidine groups is 1. The molecule has 3 rings (SSSR count). The molecule has 1 heterocycles. The summed E-state index contributed by atoms with van der Waals surface area (Å²) in [5.74, 6) is -1.88. The van der Waals surface area contributed by atoms with Gasteiger partial charge in [-0.2, -0.15) is 4.99 Å². The number of pyridine rings is 1. The zero-order valence-electron chi connectivity index (χ0n) is 13.7. The summed E-state index contributed by atoms with van der Waals surface area (Å²) in [4.78, 5) is 19.6. The maximum atomic E-state index is 14.2. The van der Waals surface area contributed by atoms with Gasteiger partial charge < -0.3 is 16.2 Å². The summed E-state index contributed by atoms with van der Waals surface area (Å²) in [5.41, 5.74) is 11.4. The Morgan fingerprint density at radius 2 is 1.88 bits per heavy atom. The molecule has 2 aromatic carbocycles. The topological polar surface area (TPSA) is 104 Å². The number of nitrogens with zero attached hydrogens (tertiary/aromatic N) is 2. The van der Waals surface area contributed by atoms with Gasteiger partial charge in [0.15, 0.2) is 5.96 Å². The first-order chi connectivity index (χ1) is 12.4. The molecule has 0 spiro atoms. The summed E-state index contributed by atoms with van der Waals surface area (Å²) >= 11 is 0. The Morgan fingerprint density at radius 1 is 1.12 bits per heavy atom. The molecule has 0 unspecified atom stereocenters. The molecule has 4 N–H and O–H groups in total. The lowest BCUT2D eigenvalue weighted by molar-refractivity contribution is 0.100. The summed E-state index contributed by atoms with van der Waals surface area (Å²) in [7, 11) is 1.39. The summed E-state index contributed by atoms with van der Waals surface area (Å²) in [6.07, 6.45) is 1.05. The number of fused-ring (bicyclic) bond motifs is 1. The fourth-order valence-corrected chi connectivity index (χ4v) is 2.60. The van der Waals surface area contributed by atoms with Crippen molar-refractivity contribution in [2.24, 2.45) is 16.5 Å². The van der Waals surface area contributed by atoms with Gasteiger partial charge in [0.2, 0.25) is 0 Å².